The normalized spacial score (nSPS) is 15.3. The van der Waals surface area contributed by atoms with Gasteiger partial charge in [0, 0.05) is 38.6 Å². The lowest BCUT2D eigenvalue weighted by atomic mass is 10.0. The largest absolute Gasteiger partial charge is 0.366 e. The summed E-state index contributed by atoms with van der Waals surface area (Å²) in [6.07, 6.45) is 7.45. The van der Waals surface area contributed by atoms with Crippen molar-refractivity contribution in [3.05, 3.63) is 35.8 Å². The van der Waals surface area contributed by atoms with Crippen LogP contribution in [0.1, 0.15) is 24.0 Å². The quantitative estimate of drug-likeness (QED) is 0.630. The number of nitrogens with one attached hydrogen (secondary N) is 1. The summed E-state index contributed by atoms with van der Waals surface area (Å²) in [6, 6.07) is 2.18. The molecular weight excluding hydrogens is 416 g/mol. The van der Waals surface area contributed by atoms with E-state index in [0.29, 0.717) is 5.82 Å². The van der Waals surface area contributed by atoms with Crippen LogP contribution in [0.2, 0.25) is 0 Å². The fraction of sp³-hybridized carbons (Fsp3) is 0.450. The van der Waals surface area contributed by atoms with Gasteiger partial charge in [-0.05, 0) is 43.9 Å². The molecule has 10 nitrogen and oxygen atoms in total. The Balaban J connectivity index is 1.42. The third-order valence-corrected chi connectivity index (χ3v) is 6.69. The number of piperidine rings is 1. The zero-order chi connectivity index (χ0) is 22.2. The molecular formula is C20H26N8O2S. The Bertz CT molecular complexity index is 1180. The molecule has 0 saturated carbocycles. The lowest BCUT2D eigenvalue weighted by Crippen LogP contribution is -2.40. The van der Waals surface area contributed by atoms with Gasteiger partial charge in [0.15, 0.2) is 20.7 Å². The van der Waals surface area contributed by atoms with Crippen molar-refractivity contribution in [3.63, 3.8) is 0 Å². The lowest BCUT2D eigenvalue weighted by Gasteiger charge is -2.34. The van der Waals surface area contributed by atoms with E-state index in [-0.39, 0.29) is 11.1 Å². The van der Waals surface area contributed by atoms with E-state index in [4.69, 9.17) is 0 Å². The van der Waals surface area contributed by atoms with E-state index in [1.54, 1.807) is 10.9 Å². The molecule has 1 aliphatic rings. The third-order valence-electron chi connectivity index (χ3n) is 5.72. The Labute approximate surface area is 181 Å². The lowest BCUT2D eigenvalue weighted by molar-refractivity contribution is 0.519. The van der Waals surface area contributed by atoms with Gasteiger partial charge >= 0.3 is 0 Å². The first kappa shape index (κ1) is 21.2. The Morgan fingerprint density at radius 3 is 2.39 bits per heavy atom. The van der Waals surface area contributed by atoms with Gasteiger partial charge in [-0.15, -0.1) is 10.2 Å². The summed E-state index contributed by atoms with van der Waals surface area (Å²) in [4.78, 5) is 10.4. The van der Waals surface area contributed by atoms with Gasteiger partial charge in [0.1, 0.15) is 11.5 Å². The molecule has 11 heteroatoms. The Hall–Kier alpha value is -3.08. The molecule has 0 radical (unpaired) electrons. The minimum atomic E-state index is -3.34. The number of hydrogen-bond donors (Lipinski definition) is 1. The molecule has 3 aromatic rings. The van der Waals surface area contributed by atoms with Gasteiger partial charge in [-0.25, -0.2) is 18.4 Å². The van der Waals surface area contributed by atoms with Crippen LogP contribution in [0.25, 0.3) is 11.4 Å². The van der Waals surface area contributed by atoms with Gasteiger partial charge in [-0.3, -0.25) is 4.68 Å². The highest BCUT2D eigenvalue weighted by molar-refractivity contribution is 7.90. The summed E-state index contributed by atoms with van der Waals surface area (Å²) >= 11 is 0. The number of anilines is 2. The van der Waals surface area contributed by atoms with Crippen LogP contribution in [0.3, 0.4) is 0 Å². The maximum absolute atomic E-state index is 11.5. The fourth-order valence-electron chi connectivity index (χ4n) is 3.77. The molecule has 0 amide bonds. The molecule has 1 N–H and O–H groups in total. The van der Waals surface area contributed by atoms with Crippen molar-refractivity contribution in [2.24, 2.45) is 7.05 Å². The van der Waals surface area contributed by atoms with E-state index in [0.717, 1.165) is 60.5 Å². The number of sulfone groups is 1. The van der Waals surface area contributed by atoms with Gasteiger partial charge < -0.3 is 10.2 Å². The van der Waals surface area contributed by atoms with Crippen molar-refractivity contribution in [2.45, 2.75) is 37.8 Å². The number of aryl methyl sites for hydroxylation is 1. The monoisotopic (exact) mass is 442 g/mol. The zero-order valence-electron chi connectivity index (χ0n) is 18.1. The highest BCUT2D eigenvalue weighted by Gasteiger charge is 2.24. The molecule has 4 heterocycles. The molecule has 164 valence electrons. The highest BCUT2D eigenvalue weighted by atomic mass is 32.2. The molecule has 0 unspecified atom stereocenters. The molecule has 4 rings (SSSR count). The maximum Gasteiger partial charge on any atom is 0.194 e. The van der Waals surface area contributed by atoms with Crippen LogP contribution in [0.15, 0.2) is 29.7 Å². The van der Waals surface area contributed by atoms with E-state index >= 15 is 0 Å². The van der Waals surface area contributed by atoms with E-state index in [1.807, 2.05) is 13.1 Å². The molecule has 0 bridgehead atoms. The summed E-state index contributed by atoms with van der Waals surface area (Å²) < 4.78 is 24.8. The van der Waals surface area contributed by atoms with Crippen LogP contribution >= 0.6 is 0 Å². The summed E-state index contributed by atoms with van der Waals surface area (Å²) in [5, 5.41) is 16.6. The van der Waals surface area contributed by atoms with E-state index in [1.165, 1.54) is 12.4 Å². The molecule has 0 aliphatic carbocycles. The first-order valence-corrected chi connectivity index (χ1v) is 12.0. The molecule has 1 fully saturated rings. The second kappa shape index (κ2) is 8.22. The number of nitrogens with zero attached hydrogens (tertiary/aromatic N) is 7. The SMILES string of the molecule is Cc1c(-c2ccnn2C)nnc(N2CCC(Nc3cnc(S(C)(=O)=O)cn3)CC2)c1C. The average Bonchev–Trinajstić information content (AvgIpc) is 3.16. The minimum Gasteiger partial charge on any atom is -0.366 e. The first-order valence-electron chi connectivity index (χ1n) is 10.1. The predicted octanol–water partition coefficient (Wildman–Crippen LogP) is 1.77. The Kier molecular flexibility index (Phi) is 5.61. The van der Waals surface area contributed by atoms with Crippen LogP contribution in [0, 0.1) is 13.8 Å². The summed E-state index contributed by atoms with van der Waals surface area (Å²) in [6.45, 7) is 5.84. The van der Waals surface area contributed by atoms with Crippen LogP contribution in [0.4, 0.5) is 11.6 Å². The van der Waals surface area contributed by atoms with Gasteiger partial charge in [-0.2, -0.15) is 5.10 Å². The minimum absolute atomic E-state index is 0.0214. The van der Waals surface area contributed by atoms with Crippen molar-refractivity contribution in [1.82, 2.24) is 29.9 Å². The Morgan fingerprint density at radius 2 is 1.81 bits per heavy atom. The molecule has 3 aromatic heterocycles. The van der Waals surface area contributed by atoms with Gasteiger partial charge in [0.05, 0.1) is 18.1 Å². The summed E-state index contributed by atoms with van der Waals surface area (Å²) in [5.74, 6) is 1.50. The topological polar surface area (TPSA) is 119 Å². The van der Waals surface area contributed by atoms with Crippen molar-refractivity contribution in [3.8, 4) is 11.4 Å². The highest BCUT2D eigenvalue weighted by Crippen LogP contribution is 2.29. The number of rotatable bonds is 5. The van der Waals surface area contributed by atoms with Gasteiger partial charge in [0.2, 0.25) is 0 Å². The van der Waals surface area contributed by atoms with Crippen molar-refractivity contribution >= 4 is 21.5 Å². The average molecular weight is 443 g/mol. The molecule has 0 spiro atoms. The number of hydrogen-bond acceptors (Lipinski definition) is 9. The zero-order valence-corrected chi connectivity index (χ0v) is 18.9. The fourth-order valence-corrected chi connectivity index (χ4v) is 4.26. The summed E-state index contributed by atoms with van der Waals surface area (Å²) in [5.41, 5.74) is 4.04. The van der Waals surface area contributed by atoms with E-state index in [2.05, 4.69) is 49.3 Å². The molecule has 1 aliphatic heterocycles. The van der Waals surface area contributed by atoms with Crippen LogP contribution in [0.5, 0.6) is 0 Å². The second-order valence-corrected chi connectivity index (χ2v) is 9.84. The van der Waals surface area contributed by atoms with E-state index in [9.17, 15) is 8.42 Å². The van der Waals surface area contributed by atoms with Crippen molar-refractivity contribution in [1.29, 1.82) is 0 Å². The molecule has 1 saturated heterocycles. The van der Waals surface area contributed by atoms with E-state index < -0.39 is 9.84 Å². The van der Waals surface area contributed by atoms with Gasteiger partial charge in [-0.1, -0.05) is 0 Å². The molecule has 31 heavy (non-hydrogen) atoms. The maximum atomic E-state index is 11.5. The van der Waals surface area contributed by atoms with Crippen molar-refractivity contribution < 1.29 is 8.42 Å². The predicted molar refractivity (Wildman–Crippen MR) is 118 cm³/mol. The van der Waals surface area contributed by atoms with Gasteiger partial charge in [0.25, 0.3) is 0 Å². The summed E-state index contributed by atoms with van der Waals surface area (Å²) in [7, 11) is -1.44. The van der Waals surface area contributed by atoms with Crippen LogP contribution in [-0.2, 0) is 16.9 Å². The first-order chi connectivity index (χ1) is 14.7. The third kappa shape index (κ3) is 4.36. The number of aromatic nitrogens is 6. The van der Waals surface area contributed by atoms with Crippen molar-refractivity contribution in [2.75, 3.05) is 29.6 Å². The Morgan fingerprint density at radius 1 is 1.06 bits per heavy atom. The molecule has 0 aromatic carbocycles. The van der Waals surface area contributed by atoms with Crippen LogP contribution < -0.4 is 10.2 Å². The smallest absolute Gasteiger partial charge is 0.194 e. The molecule has 0 atom stereocenters. The second-order valence-electron chi connectivity index (χ2n) is 7.88. The van der Waals surface area contributed by atoms with Crippen LogP contribution in [-0.4, -0.2) is 63.8 Å². The standard InChI is InChI=1S/C20H26N8O2S/c1-13-14(2)20(26-25-19(13)16-5-8-23-27(16)3)28-9-6-15(7-10-28)24-17-11-22-18(12-21-17)31(4,29)30/h5,8,11-12,15H,6-7,9-10H2,1-4H3,(H,21,24).